The minimum Gasteiger partial charge on any atom is -0.398 e. The van der Waals surface area contributed by atoms with Crippen molar-refractivity contribution in [1.82, 2.24) is 4.98 Å². The Morgan fingerprint density at radius 2 is 1.95 bits per heavy atom. The van der Waals surface area contributed by atoms with Crippen LogP contribution in [0.15, 0.2) is 47.8 Å². The van der Waals surface area contributed by atoms with E-state index >= 15 is 0 Å². The van der Waals surface area contributed by atoms with Gasteiger partial charge in [-0.05, 0) is 29.8 Å². The largest absolute Gasteiger partial charge is 0.398 e. The molecule has 2 nitrogen and oxygen atoms in total. The first-order valence-corrected chi connectivity index (χ1v) is 7.99. The molecular weight excluding hydrogens is 323 g/mol. The van der Waals surface area contributed by atoms with Gasteiger partial charge in [-0.1, -0.05) is 41.4 Å². The summed E-state index contributed by atoms with van der Waals surface area (Å²) >= 11 is 13.6. The van der Waals surface area contributed by atoms with E-state index in [-0.39, 0.29) is 0 Å². The van der Waals surface area contributed by atoms with E-state index in [0.717, 1.165) is 33.3 Å². The van der Waals surface area contributed by atoms with Gasteiger partial charge in [-0.3, -0.25) is 0 Å². The van der Waals surface area contributed by atoms with Crippen LogP contribution in [-0.4, -0.2) is 4.98 Å². The fraction of sp³-hybridized carbons (Fsp3) is 0.0625. The lowest BCUT2D eigenvalue weighted by Crippen LogP contribution is -1.89. The van der Waals surface area contributed by atoms with Crippen LogP contribution < -0.4 is 5.73 Å². The molecule has 0 saturated heterocycles. The summed E-state index contributed by atoms with van der Waals surface area (Å²) in [5, 5.41) is 4.38. The fourth-order valence-corrected chi connectivity index (χ4v) is 3.22. The number of anilines is 1. The Balaban J connectivity index is 1.84. The van der Waals surface area contributed by atoms with Crippen molar-refractivity contribution in [2.45, 2.75) is 6.42 Å². The molecule has 0 unspecified atom stereocenters. The summed E-state index contributed by atoms with van der Waals surface area (Å²) in [6.07, 6.45) is 0.772. The summed E-state index contributed by atoms with van der Waals surface area (Å²) in [5.74, 6) is 0. The van der Waals surface area contributed by atoms with E-state index in [9.17, 15) is 0 Å². The fourth-order valence-electron chi connectivity index (χ4n) is 2.05. The quantitative estimate of drug-likeness (QED) is 0.661. The summed E-state index contributed by atoms with van der Waals surface area (Å²) < 4.78 is 0. The highest BCUT2D eigenvalue weighted by Crippen LogP contribution is 2.28. The third-order valence-electron chi connectivity index (χ3n) is 3.09. The minimum atomic E-state index is 0.563. The summed E-state index contributed by atoms with van der Waals surface area (Å²) in [5.41, 5.74) is 9.45. The van der Waals surface area contributed by atoms with Crippen LogP contribution in [0.4, 0.5) is 5.69 Å². The third-order valence-corrected chi connectivity index (χ3v) is 4.52. The van der Waals surface area contributed by atoms with Crippen molar-refractivity contribution in [2.75, 3.05) is 5.73 Å². The maximum absolute atomic E-state index is 6.00. The van der Waals surface area contributed by atoms with Gasteiger partial charge in [0.1, 0.15) is 0 Å². The van der Waals surface area contributed by atoms with Gasteiger partial charge in [0.15, 0.2) is 0 Å². The number of nitrogens with two attached hydrogens (primary N) is 1. The third kappa shape index (κ3) is 3.38. The highest BCUT2D eigenvalue weighted by molar-refractivity contribution is 7.10. The molecule has 3 aromatic rings. The predicted molar refractivity (Wildman–Crippen MR) is 91.2 cm³/mol. The van der Waals surface area contributed by atoms with Crippen molar-refractivity contribution in [1.29, 1.82) is 0 Å². The topological polar surface area (TPSA) is 38.9 Å². The molecule has 0 spiro atoms. The molecule has 0 aliphatic rings. The first-order chi connectivity index (χ1) is 10.1. The first-order valence-electron chi connectivity index (χ1n) is 6.36. The van der Waals surface area contributed by atoms with Crippen LogP contribution in [-0.2, 0) is 6.42 Å². The van der Waals surface area contributed by atoms with Crippen molar-refractivity contribution >= 4 is 40.2 Å². The van der Waals surface area contributed by atoms with E-state index in [0.29, 0.717) is 10.7 Å². The number of hydrogen-bond donors (Lipinski definition) is 1. The van der Waals surface area contributed by atoms with Crippen molar-refractivity contribution in [3.05, 3.63) is 68.5 Å². The number of hydrogen-bond acceptors (Lipinski definition) is 3. The maximum atomic E-state index is 6.00. The van der Waals surface area contributed by atoms with Gasteiger partial charge in [-0.15, -0.1) is 11.3 Å². The molecule has 0 bridgehead atoms. The van der Waals surface area contributed by atoms with E-state index in [2.05, 4.69) is 4.98 Å². The van der Waals surface area contributed by atoms with Crippen molar-refractivity contribution in [3.63, 3.8) is 0 Å². The number of rotatable bonds is 3. The van der Waals surface area contributed by atoms with Crippen molar-refractivity contribution in [2.24, 2.45) is 0 Å². The monoisotopic (exact) mass is 334 g/mol. The van der Waals surface area contributed by atoms with Crippen LogP contribution in [0.5, 0.6) is 0 Å². The molecule has 0 amide bonds. The second-order valence-electron chi connectivity index (χ2n) is 4.67. The Hall–Kier alpha value is -1.55. The molecule has 3 rings (SSSR count). The van der Waals surface area contributed by atoms with Gasteiger partial charge in [-0.2, -0.15) is 0 Å². The number of nitrogens with zero attached hydrogens (tertiary/aromatic N) is 1. The van der Waals surface area contributed by atoms with Crippen LogP contribution in [0.1, 0.15) is 10.6 Å². The SMILES string of the molecule is Nc1cc(-c2csc(Cc3cccc(Cl)c3)n2)ccc1Cl. The summed E-state index contributed by atoms with van der Waals surface area (Å²) in [7, 11) is 0. The molecule has 106 valence electrons. The van der Waals surface area contributed by atoms with Crippen LogP contribution in [0.3, 0.4) is 0 Å². The lowest BCUT2D eigenvalue weighted by atomic mass is 10.1. The predicted octanol–water partition coefficient (Wildman–Crippen LogP) is 5.29. The Labute approximate surface area is 137 Å². The number of nitrogen functional groups attached to an aromatic ring is 1. The molecule has 0 atom stereocenters. The molecule has 5 heteroatoms. The molecule has 0 aliphatic carbocycles. The Bertz CT molecular complexity index is 783. The maximum Gasteiger partial charge on any atom is 0.0976 e. The van der Waals surface area contributed by atoms with Gasteiger partial charge in [0.2, 0.25) is 0 Å². The number of aromatic nitrogens is 1. The van der Waals surface area contributed by atoms with E-state index in [4.69, 9.17) is 28.9 Å². The van der Waals surface area contributed by atoms with E-state index in [1.807, 2.05) is 41.8 Å². The molecular formula is C16H12Cl2N2S. The number of thiazole rings is 1. The van der Waals surface area contributed by atoms with Gasteiger partial charge >= 0.3 is 0 Å². The highest BCUT2D eigenvalue weighted by atomic mass is 35.5. The van der Waals surface area contributed by atoms with E-state index < -0.39 is 0 Å². The van der Waals surface area contributed by atoms with E-state index in [1.165, 1.54) is 0 Å². The number of halogens is 2. The molecule has 2 N–H and O–H groups in total. The van der Waals surface area contributed by atoms with Crippen LogP contribution >= 0.6 is 34.5 Å². The average molecular weight is 335 g/mol. The molecule has 2 aromatic carbocycles. The van der Waals surface area contributed by atoms with Crippen molar-refractivity contribution in [3.8, 4) is 11.3 Å². The lowest BCUT2D eigenvalue weighted by molar-refractivity contribution is 1.14. The van der Waals surface area contributed by atoms with E-state index in [1.54, 1.807) is 17.4 Å². The van der Waals surface area contributed by atoms with Crippen LogP contribution in [0.2, 0.25) is 10.0 Å². The smallest absolute Gasteiger partial charge is 0.0976 e. The average Bonchev–Trinajstić information content (AvgIpc) is 2.90. The first kappa shape index (κ1) is 14.4. The Morgan fingerprint density at radius 1 is 1.10 bits per heavy atom. The van der Waals surface area contributed by atoms with Gasteiger partial charge in [0, 0.05) is 22.4 Å². The molecule has 1 aromatic heterocycles. The zero-order chi connectivity index (χ0) is 14.8. The normalized spacial score (nSPS) is 10.8. The van der Waals surface area contributed by atoms with Gasteiger partial charge in [0.05, 0.1) is 21.4 Å². The summed E-state index contributed by atoms with van der Waals surface area (Å²) in [6, 6.07) is 13.4. The van der Waals surface area contributed by atoms with Gasteiger partial charge in [-0.25, -0.2) is 4.98 Å². The Kier molecular flexibility index (Phi) is 4.15. The van der Waals surface area contributed by atoms with Crippen molar-refractivity contribution < 1.29 is 0 Å². The van der Waals surface area contributed by atoms with Gasteiger partial charge < -0.3 is 5.73 Å². The second kappa shape index (κ2) is 6.06. The zero-order valence-electron chi connectivity index (χ0n) is 11.0. The molecule has 0 aliphatic heterocycles. The van der Waals surface area contributed by atoms with Crippen LogP contribution in [0.25, 0.3) is 11.3 Å². The molecule has 0 fully saturated rings. The highest BCUT2D eigenvalue weighted by Gasteiger charge is 2.07. The zero-order valence-corrected chi connectivity index (χ0v) is 13.3. The lowest BCUT2D eigenvalue weighted by Gasteiger charge is -2.01. The standard InChI is InChI=1S/C16H12Cl2N2S/c17-12-3-1-2-10(6-12)7-16-20-15(9-21-16)11-4-5-13(18)14(19)8-11/h1-6,8-9H,7,19H2. The second-order valence-corrected chi connectivity index (χ2v) is 6.46. The Morgan fingerprint density at radius 3 is 2.71 bits per heavy atom. The molecule has 1 heterocycles. The summed E-state index contributed by atoms with van der Waals surface area (Å²) in [4.78, 5) is 4.65. The van der Waals surface area contributed by atoms with Gasteiger partial charge in [0.25, 0.3) is 0 Å². The van der Waals surface area contributed by atoms with Crippen LogP contribution in [0, 0.1) is 0 Å². The number of benzene rings is 2. The molecule has 0 saturated carbocycles. The minimum absolute atomic E-state index is 0.563. The molecule has 0 radical (unpaired) electrons. The molecule has 21 heavy (non-hydrogen) atoms. The summed E-state index contributed by atoms with van der Waals surface area (Å²) in [6.45, 7) is 0.